The van der Waals surface area contributed by atoms with Crippen LogP contribution in [0, 0.1) is 11.3 Å². The van der Waals surface area contributed by atoms with Crippen LogP contribution < -0.4 is 0 Å². The summed E-state index contributed by atoms with van der Waals surface area (Å²) in [6, 6.07) is 19.5. The van der Waals surface area contributed by atoms with Gasteiger partial charge in [0.15, 0.2) is 0 Å². The van der Waals surface area contributed by atoms with Crippen LogP contribution in [-0.4, -0.2) is 14.8 Å². The van der Waals surface area contributed by atoms with Gasteiger partial charge in [-0.1, -0.05) is 18.2 Å². The summed E-state index contributed by atoms with van der Waals surface area (Å²) in [5.41, 5.74) is 4.68. The van der Waals surface area contributed by atoms with E-state index in [1.165, 1.54) is 0 Å². The number of benzene rings is 2. The summed E-state index contributed by atoms with van der Waals surface area (Å²) in [7, 11) is 0. The lowest BCUT2D eigenvalue weighted by Crippen LogP contribution is -1.93. The maximum Gasteiger partial charge on any atom is 0.0991 e. The standard InChI is InChI=1S/C19H12N4/c20-11-14-5-7-16(8-6-14)23-13-15(12-22-23)17-9-10-21-19-4-2-1-3-18(17)19/h1-10,12-13H. The fourth-order valence-corrected chi connectivity index (χ4v) is 2.64. The molecule has 4 heteroatoms. The summed E-state index contributed by atoms with van der Waals surface area (Å²) < 4.78 is 1.81. The fraction of sp³-hybridized carbons (Fsp3) is 0. The SMILES string of the molecule is N#Cc1ccc(-n2cc(-c3ccnc4ccccc34)cn2)cc1. The molecule has 2 heterocycles. The van der Waals surface area contributed by atoms with Gasteiger partial charge in [0.1, 0.15) is 0 Å². The first-order valence-electron chi connectivity index (χ1n) is 7.24. The quantitative estimate of drug-likeness (QED) is 0.562. The number of pyridine rings is 1. The van der Waals surface area contributed by atoms with Crippen molar-refractivity contribution in [2.45, 2.75) is 0 Å². The van der Waals surface area contributed by atoms with Crippen molar-refractivity contribution in [1.29, 1.82) is 5.26 Å². The maximum absolute atomic E-state index is 8.87. The summed E-state index contributed by atoms with van der Waals surface area (Å²) >= 11 is 0. The Morgan fingerprint density at radius 1 is 0.957 bits per heavy atom. The first-order valence-corrected chi connectivity index (χ1v) is 7.24. The van der Waals surface area contributed by atoms with E-state index in [2.05, 4.69) is 22.2 Å². The maximum atomic E-state index is 8.87. The van der Waals surface area contributed by atoms with Crippen molar-refractivity contribution < 1.29 is 0 Å². The van der Waals surface area contributed by atoms with Crippen molar-refractivity contribution in [1.82, 2.24) is 14.8 Å². The number of para-hydroxylation sites is 1. The molecule has 2 aromatic heterocycles. The Morgan fingerprint density at radius 3 is 2.61 bits per heavy atom. The first kappa shape index (κ1) is 13.2. The zero-order chi connectivity index (χ0) is 15.6. The molecule has 0 N–H and O–H groups in total. The summed E-state index contributed by atoms with van der Waals surface area (Å²) in [4.78, 5) is 4.39. The normalized spacial score (nSPS) is 10.6. The molecule has 23 heavy (non-hydrogen) atoms. The van der Waals surface area contributed by atoms with Crippen molar-refractivity contribution in [3.8, 4) is 22.9 Å². The molecule has 2 aromatic carbocycles. The van der Waals surface area contributed by atoms with Gasteiger partial charge < -0.3 is 0 Å². The van der Waals surface area contributed by atoms with Gasteiger partial charge in [-0.25, -0.2) is 4.68 Å². The van der Waals surface area contributed by atoms with Crippen LogP contribution in [-0.2, 0) is 0 Å². The van der Waals surface area contributed by atoms with Crippen molar-refractivity contribution in [3.05, 3.63) is 78.8 Å². The molecule has 0 aliphatic heterocycles. The van der Waals surface area contributed by atoms with Gasteiger partial charge in [-0.15, -0.1) is 0 Å². The van der Waals surface area contributed by atoms with Crippen LogP contribution in [0.25, 0.3) is 27.7 Å². The van der Waals surface area contributed by atoms with Crippen LogP contribution in [0.3, 0.4) is 0 Å². The van der Waals surface area contributed by atoms with E-state index in [0.29, 0.717) is 5.56 Å². The molecule has 4 aromatic rings. The summed E-state index contributed by atoms with van der Waals surface area (Å²) in [5.74, 6) is 0. The minimum atomic E-state index is 0.640. The summed E-state index contributed by atoms with van der Waals surface area (Å²) in [5, 5.41) is 14.4. The Labute approximate surface area is 133 Å². The van der Waals surface area contributed by atoms with Crippen molar-refractivity contribution >= 4 is 10.9 Å². The van der Waals surface area contributed by atoms with Crippen LogP contribution in [0.1, 0.15) is 5.56 Å². The number of hydrogen-bond donors (Lipinski definition) is 0. The van der Waals surface area contributed by atoms with Crippen molar-refractivity contribution in [3.63, 3.8) is 0 Å². The molecule has 0 radical (unpaired) electrons. The Hall–Kier alpha value is -3.45. The van der Waals surface area contributed by atoms with E-state index in [9.17, 15) is 0 Å². The van der Waals surface area contributed by atoms with Crippen molar-refractivity contribution in [2.75, 3.05) is 0 Å². The predicted molar refractivity (Wildman–Crippen MR) is 89.0 cm³/mol. The topological polar surface area (TPSA) is 54.5 Å². The van der Waals surface area contributed by atoms with Crippen LogP contribution in [0.2, 0.25) is 0 Å². The fourth-order valence-electron chi connectivity index (χ4n) is 2.64. The molecule has 0 spiro atoms. The lowest BCUT2D eigenvalue weighted by Gasteiger charge is -2.03. The zero-order valence-electron chi connectivity index (χ0n) is 12.2. The lowest BCUT2D eigenvalue weighted by molar-refractivity contribution is 0.880. The second kappa shape index (κ2) is 5.39. The number of aromatic nitrogens is 3. The second-order valence-electron chi connectivity index (χ2n) is 5.21. The molecule has 0 bridgehead atoms. The largest absolute Gasteiger partial charge is 0.256 e. The average Bonchev–Trinajstić information content (AvgIpc) is 3.11. The first-order chi connectivity index (χ1) is 11.3. The predicted octanol–water partition coefficient (Wildman–Crippen LogP) is 3.96. The molecule has 0 unspecified atom stereocenters. The van der Waals surface area contributed by atoms with Gasteiger partial charge in [0.2, 0.25) is 0 Å². The third-order valence-electron chi connectivity index (χ3n) is 3.80. The Morgan fingerprint density at radius 2 is 1.78 bits per heavy atom. The minimum Gasteiger partial charge on any atom is -0.256 e. The number of rotatable bonds is 2. The number of nitriles is 1. The second-order valence-corrected chi connectivity index (χ2v) is 5.21. The smallest absolute Gasteiger partial charge is 0.0991 e. The van der Waals surface area contributed by atoms with E-state index < -0.39 is 0 Å². The molecule has 0 amide bonds. The highest BCUT2D eigenvalue weighted by molar-refractivity contribution is 5.93. The van der Waals surface area contributed by atoms with E-state index in [4.69, 9.17) is 5.26 Å². The van der Waals surface area contributed by atoms with Gasteiger partial charge in [0, 0.05) is 23.3 Å². The Bertz CT molecular complexity index is 1020. The van der Waals surface area contributed by atoms with Crippen LogP contribution in [0.15, 0.2) is 73.2 Å². The molecular formula is C19H12N4. The number of nitrogens with zero attached hydrogens (tertiary/aromatic N) is 4. The molecule has 4 nitrogen and oxygen atoms in total. The van der Waals surface area contributed by atoms with Crippen molar-refractivity contribution in [2.24, 2.45) is 0 Å². The number of fused-ring (bicyclic) bond motifs is 1. The molecule has 0 atom stereocenters. The molecule has 108 valence electrons. The van der Waals surface area contributed by atoms with E-state index in [1.807, 2.05) is 59.7 Å². The van der Waals surface area contributed by atoms with Crippen LogP contribution >= 0.6 is 0 Å². The zero-order valence-corrected chi connectivity index (χ0v) is 12.2. The Kier molecular flexibility index (Phi) is 3.10. The third kappa shape index (κ3) is 2.34. The molecule has 0 aliphatic carbocycles. The van der Waals surface area contributed by atoms with Crippen LogP contribution in [0.4, 0.5) is 0 Å². The summed E-state index contributed by atoms with van der Waals surface area (Å²) in [6.45, 7) is 0. The van der Waals surface area contributed by atoms with Gasteiger partial charge in [0.05, 0.1) is 29.0 Å². The van der Waals surface area contributed by atoms with Gasteiger partial charge in [0.25, 0.3) is 0 Å². The highest BCUT2D eigenvalue weighted by atomic mass is 15.3. The van der Waals surface area contributed by atoms with E-state index in [1.54, 1.807) is 12.1 Å². The molecule has 0 saturated carbocycles. The highest BCUT2D eigenvalue weighted by Gasteiger charge is 2.07. The third-order valence-corrected chi connectivity index (χ3v) is 3.80. The highest BCUT2D eigenvalue weighted by Crippen LogP contribution is 2.27. The van der Waals surface area contributed by atoms with E-state index in [0.717, 1.165) is 27.7 Å². The van der Waals surface area contributed by atoms with Gasteiger partial charge in [-0.2, -0.15) is 10.4 Å². The van der Waals surface area contributed by atoms with Gasteiger partial charge in [-0.05, 0) is 42.0 Å². The monoisotopic (exact) mass is 296 g/mol. The van der Waals surface area contributed by atoms with Crippen LogP contribution in [0.5, 0.6) is 0 Å². The van der Waals surface area contributed by atoms with Gasteiger partial charge in [-0.3, -0.25) is 4.98 Å². The molecule has 4 rings (SSSR count). The molecule has 0 fully saturated rings. The van der Waals surface area contributed by atoms with E-state index >= 15 is 0 Å². The van der Waals surface area contributed by atoms with E-state index in [-0.39, 0.29) is 0 Å². The minimum absolute atomic E-state index is 0.640. The summed E-state index contributed by atoms with van der Waals surface area (Å²) in [6.07, 6.45) is 5.65. The number of hydrogen-bond acceptors (Lipinski definition) is 3. The molecular weight excluding hydrogens is 284 g/mol. The molecule has 0 saturated heterocycles. The molecule has 0 aliphatic rings. The van der Waals surface area contributed by atoms with Gasteiger partial charge >= 0.3 is 0 Å². The Balaban J connectivity index is 1.79. The lowest BCUT2D eigenvalue weighted by atomic mass is 10.0. The average molecular weight is 296 g/mol.